The molecule has 156 valence electrons. The lowest BCUT2D eigenvalue weighted by molar-refractivity contribution is -0.141. The van der Waals surface area contributed by atoms with Crippen LogP contribution in [-0.2, 0) is 16.1 Å². The van der Waals surface area contributed by atoms with Gasteiger partial charge in [-0.2, -0.15) is 0 Å². The van der Waals surface area contributed by atoms with Crippen LogP contribution >= 0.6 is 11.8 Å². The predicted octanol–water partition coefficient (Wildman–Crippen LogP) is 5.22. The Hall–Kier alpha value is -3.45. The third-order valence-corrected chi connectivity index (χ3v) is 5.56. The fourth-order valence-corrected chi connectivity index (χ4v) is 3.83. The number of benzene rings is 3. The number of hydrogen-bond donors (Lipinski definition) is 0. The molecule has 7 heteroatoms. The molecule has 0 bridgehead atoms. The maximum Gasteiger partial charge on any atom is 0.316 e. The van der Waals surface area contributed by atoms with Gasteiger partial charge < -0.3 is 4.74 Å². The summed E-state index contributed by atoms with van der Waals surface area (Å²) in [6.45, 7) is 2.22. The molecule has 0 amide bonds. The lowest BCUT2D eigenvalue weighted by Gasteiger charge is -2.13. The van der Waals surface area contributed by atoms with Gasteiger partial charge in [-0.1, -0.05) is 60.3 Å². The van der Waals surface area contributed by atoms with E-state index in [2.05, 4.69) is 10.2 Å². The van der Waals surface area contributed by atoms with Crippen molar-refractivity contribution in [3.8, 4) is 17.1 Å². The van der Waals surface area contributed by atoms with E-state index in [4.69, 9.17) is 4.74 Å². The fraction of sp³-hybridized carbons (Fsp3) is 0.125. The molecule has 3 aromatic carbocycles. The van der Waals surface area contributed by atoms with E-state index in [0.717, 1.165) is 22.4 Å². The topological polar surface area (TPSA) is 57.0 Å². The average molecular weight is 434 g/mol. The minimum absolute atomic E-state index is 0.0975. The fourth-order valence-electron chi connectivity index (χ4n) is 3.08. The Morgan fingerprint density at radius 2 is 1.68 bits per heavy atom. The molecular formula is C24H20FN3O2S. The van der Waals surface area contributed by atoms with E-state index < -0.39 is 0 Å². The summed E-state index contributed by atoms with van der Waals surface area (Å²) in [5.74, 6) is 0.0210. The molecule has 5 nitrogen and oxygen atoms in total. The lowest BCUT2D eigenvalue weighted by atomic mass is 10.1. The van der Waals surface area contributed by atoms with Gasteiger partial charge in [-0.05, 0) is 48.4 Å². The minimum Gasteiger partial charge on any atom is -0.460 e. The van der Waals surface area contributed by atoms with Gasteiger partial charge >= 0.3 is 5.97 Å². The smallest absolute Gasteiger partial charge is 0.316 e. The van der Waals surface area contributed by atoms with Crippen molar-refractivity contribution in [3.63, 3.8) is 0 Å². The quantitative estimate of drug-likeness (QED) is 0.296. The summed E-state index contributed by atoms with van der Waals surface area (Å²) >= 11 is 1.25. The Kier molecular flexibility index (Phi) is 6.43. The summed E-state index contributed by atoms with van der Waals surface area (Å²) in [7, 11) is 0. The van der Waals surface area contributed by atoms with Gasteiger partial charge in [0.2, 0.25) is 0 Å². The summed E-state index contributed by atoms with van der Waals surface area (Å²) in [5.41, 5.74) is 3.59. The number of carbonyl (C=O) groups excluding carboxylic acids is 1. The maximum atomic E-state index is 13.4. The molecule has 4 aromatic rings. The number of aromatic nitrogens is 3. The molecule has 0 spiro atoms. The predicted molar refractivity (Wildman–Crippen MR) is 118 cm³/mol. The van der Waals surface area contributed by atoms with Crippen LogP contribution in [-0.4, -0.2) is 26.5 Å². The number of ether oxygens (including phenoxy) is 1. The molecule has 0 atom stereocenters. The molecule has 0 aliphatic heterocycles. The molecule has 0 saturated carbocycles. The van der Waals surface area contributed by atoms with Crippen molar-refractivity contribution in [1.82, 2.24) is 14.8 Å². The van der Waals surface area contributed by atoms with Crippen LogP contribution in [0.5, 0.6) is 0 Å². The van der Waals surface area contributed by atoms with E-state index >= 15 is 0 Å². The van der Waals surface area contributed by atoms with E-state index in [1.54, 1.807) is 12.1 Å². The molecule has 31 heavy (non-hydrogen) atoms. The van der Waals surface area contributed by atoms with Crippen LogP contribution in [0.2, 0.25) is 0 Å². The van der Waals surface area contributed by atoms with E-state index in [1.807, 2.05) is 66.1 Å². The summed E-state index contributed by atoms with van der Waals surface area (Å²) < 4.78 is 20.7. The summed E-state index contributed by atoms with van der Waals surface area (Å²) in [6.07, 6.45) is 0. The van der Waals surface area contributed by atoms with Crippen molar-refractivity contribution >= 4 is 17.7 Å². The zero-order valence-corrected chi connectivity index (χ0v) is 17.7. The molecule has 1 aromatic heterocycles. The Morgan fingerprint density at radius 3 is 2.42 bits per heavy atom. The van der Waals surface area contributed by atoms with Gasteiger partial charge in [-0.3, -0.25) is 9.36 Å². The van der Waals surface area contributed by atoms with Crippen LogP contribution in [0.4, 0.5) is 4.39 Å². The highest BCUT2D eigenvalue weighted by Crippen LogP contribution is 2.29. The van der Waals surface area contributed by atoms with E-state index in [0.29, 0.717) is 11.0 Å². The first kappa shape index (κ1) is 20.8. The van der Waals surface area contributed by atoms with Crippen LogP contribution in [0.25, 0.3) is 17.1 Å². The van der Waals surface area contributed by atoms with Crippen LogP contribution in [0, 0.1) is 12.7 Å². The van der Waals surface area contributed by atoms with Crippen LogP contribution < -0.4 is 0 Å². The van der Waals surface area contributed by atoms with Gasteiger partial charge in [0.1, 0.15) is 12.4 Å². The van der Waals surface area contributed by atoms with Gasteiger partial charge in [0.25, 0.3) is 0 Å². The summed E-state index contributed by atoms with van der Waals surface area (Å²) in [6, 6.07) is 23.5. The second kappa shape index (κ2) is 9.57. The summed E-state index contributed by atoms with van der Waals surface area (Å²) in [5, 5.41) is 9.18. The van der Waals surface area contributed by atoms with Crippen molar-refractivity contribution in [2.75, 3.05) is 5.75 Å². The van der Waals surface area contributed by atoms with E-state index in [9.17, 15) is 9.18 Å². The molecule has 0 unspecified atom stereocenters. The maximum absolute atomic E-state index is 13.4. The normalized spacial score (nSPS) is 10.8. The molecule has 0 fully saturated rings. The number of esters is 1. The van der Waals surface area contributed by atoms with Crippen molar-refractivity contribution in [2.45, 2.75) is 18.7 Å². The zero-order chi connectivity index (χ0) is 21.6. The van der Waals surface area contributed by atoms with Crippen molar-refractivity contribution in [2.24, 2.45) is 0 Å². The second-order valence-corrected chi connectivity index (χ2v) is 7.81. The van der Waals surface area contributed by atoms with Gasteiger partial charge in [0, 0.05) is 5.56 Å². The van der Waals surface area contributed by atoms with Crippen LogP contribution in [0.3, 0.4) is 0 Å². The number of thioether (sulfide) groups is 1. The number of rotatable bonds is 7. The highest BCUT2D eigenvalue weighted by Gasteiger charge is 2.19. The monoisotopic (exact) mass is 433 g/mol. The molecular weight excluding hydrogens is 413 g/mol. The number of para-hydroxylation sites is 1. The van der Waals surface area contributed by atoms with Crippen molar-refractivity contribution in [1.29, 1.82) is 0 Å². The second-order valence-electron chi connectivity index (χ2n) is 6.87. The van der Waals surface area contributed by atoms with Crippen LogP contribution in [0.15, 0.2) is 84.0 Å². The van der Waals surface area contributed by atoms with Gasteiger partial charge in [0.15, 0.2) is 11.0 Å². The highest BCUT2D eigenvalue weighted by atomic mass is 32.2. The third-order valence-electron chi connectivity index (χ3n) is 4.65. The van der Waals surface area contributed by atoms with Crippen molar-refractivity contribution < 1.29 is 13.9 Å². The number of carbonyl (C=O) groups is 1. The molecule has 0 aliphatic carbocycles. The Morgan fingerprint density at radius 1 is 0.968 bits per heavy atom. The Bertz CT molecular complexity index is 1180. The van der Waals surface area contributed by atoms with Gasteiger partial charge in [0.05, 0.1) is 11.4 Å². The van der Waals surface area contributed by atoms with Gasteiger partial charge in [-0.15, -0.1) is 10.2 Å². The van der Waals surface area contributed by atoms with Crippen LogP contribution in [0.1, 0.15) is 11.1 Å². The average Bonchev–Trinajstić information content (AvgIpc) is 3.21. The first-order valence-corrected chi connectivity index (χ1v) is 10.7. The van der Waals surface area contributed by atoms with Gasteiger partial charge in [-0.25, -0.2) is 4.39 Å². The Balaban J connectivity index is 1.56. The SMILES string of the molecule is Cc1ccccc1-n1c(SCC(=O)OCc2ccccc2)nnc1-c1ccc(F)cc1. The molecule has 0 N–H and O–H groups in total. The molecule has 1 heterocycles. The summed E-state index contributed by atoms with van der Waals surface area (Å²) in [4.78, 5) is 12.3. The van der Waals surface area contributed by atoms with E-state index in [-0.39, 0.29) is 24.1 Å². The first-order valence-electron chi connectivity index (χ1n) is 9.71. The number of hydrogen-bond acceptors (Lipinski definition) is 5. The number of nitrogens with zero attached hydrogens (tertiary/aromatic N) is 3. The molecule has 0 aliphatic rings. The first-order chi connectivity index (χ1) is 15.1. The molecule has 4 rings (SSSR count). The largest absolute Gasteiger partial charge is 0.460 e. The van der Waals surface area contributed by atoms with E-state index in [1.165, 1.54) is 23.9 Å². The van der Waals surface area contributed by atoms with Crippen molar-refractivity contribution in [3.05, 3.63) is 95.8 Å². The molecule has 0 radical (unpaired) electrons. The number of halogens is 1. The Labute approximate surface area is 183 Å². The standard InChI is InChI=1S/C24H20FN3O2S/c1-17-7-5-6-10-21(17)28-23(19-11-13-20(25)14-12-19)26-27-24(28)31-16-22(29)30-15-18-8-3-2-4-9-18/h2-14H,15-16H2,1H3. The lowest BCUT2D eigenvalue weighted by Crippen LogP contribution is -2.09. The third kappa shape index (κ3) is 5.00. The number of aryl methyl sites for hydroxylation is 1. The minimum atomic E-state index is -0.337. The highest BCUT2D eigenvalue weighted by molar-refractivity contribution is 7.99. The zero-order valence-electron chi connectivity index (χ0n) is 16.9. The molecule has 0 saturated heterocycles.